The summed E-state index contributed by atoms with van der Waals surface area (Å²) < 4.78 is 0. The number of likely N-dealkylation sites (tertiary alicyclic amines) is 1. The van der Waals surface area contributed by atoms with Gasteiger partial charge in [0.15, 0.2) is 0 Å². The lowest BCUT2D eigenvalue weighted by molar-refractivity contribution is -0.158. The average molecular weight is 495 g/mol. The maximum atomic E-state index is 13.0. The Hall–Kier alpha value is -2.15. The smallest absolute Gasteiger partial charge is 0.353 e. The summed E-state index contributed by atoms with van der Waals surface area (Å²) in [5.41, 5.74) is 5.97. The molecule has 3 amide bonds. The van der Waals surface area contributed by atoms with Crippen LogP contribution in [-0.2, 0) is 19.2 Å². The minimum Gasteiger partial charge on any atom is -0.477 e. The van der Waals surface area contributed by atoms with E-state index >= 15 is 0 Å². The van der Waals surface area contributed by atoms with Gasteiger partial charge in [-0.15, -0.1) is 11.8 Å². The fraction of sp³-hybridized carbons (Fsp3) is 0.727. The fourth-order valence-electron chi connectivity index (χ4n) is 5.62. The minimum atomic E-state index is -1.12. The lowest BCUT2D eigenvalue weighted by Gasteiger charge is -2.47. The zero-order valence-electron chi connectivity index (χ0n) is 19.7. The molecule has 0 bridgehead atoms. The molecule has 3 saturated heterocycles. The van der Waals surface area contributed by atoms with Gasteiger partial charge in [-0.2, -0.15) is 0 Å². The number of rotatable bonds is 8. The zero-order valence-corrected chi connectivity index (χ0v) is 20.6. The SMILES string of the molecule is CNCC(=O)NC(C)[C@H]1C(=O)N2C(C(=O)O)=C(S[C@H]3CN[C@H](C(=O)N4CC[C@@H](N)C4)C3)[C@H](C)[C@H]12. The van der Waals surface area contributed by atoms with Crippen LogP contribution < -0.4 is 21.7 Å². The topological polar surface area (TPSA) is 157 Å². The number of carboxylic acids is 1. The molecule has 0 saturated carbocycles. The first-order valence-corrected chi connectivity index (χ1v) is 12.7. The fourth-order valence-corrected chi connectivity index (χ4v) is 7.10. The highest BCUT2D eigenvalue weighted by molar-refractivity contribution is 8.03. The largest absolute Gasteiger partial charge is 0.477 e. The van der Waals surface area contributed by atoms with Crippen molar-refractivity contribution < 1.29 is 24.3 Å². The van der Waals surface area contributed by atoms with E-state index in [0.29, 0.717) is 31.0 Å². The highest BCUT2D eigenvalue weighted by Gasteiger charge is 2.60. The summed E-state index contributed by atoms with van der Waals surface area (Å²) in [7, 11) is 1.67. The van der Waals surface area contributed by atoms with Gasteiger partial charge in [0.1, 0.15) is 5.70 Å². The van der Waals surface area contributed by atoms with E-state index in [1.807, 2.05) is 6.92 Å². The van der Waals surface area contributed by atoms with Gasteiger partial charge in [0, 0.05) is 47.8 Å². The maximum Gasteiger partial charge on any atom is 0.353 e. The van der Waals surface area contributed by atoms with Crippen LogP contribution in [-0.4, -0.2) is 101 Å². The molecule has 3 fully saturated rings. The minimum absolute atomic E-state index is 0.0250. The summed E-state index contributed by atoms with van der Waals surface area (Å²) >= 11 is 1.46. The van der Waals surface area contributed by atoms with Gasteiger partial charge in [-0.05, 0) is 26.8 Å². The van der Waals surface area contributed by atoms with Gasteiger partial charge in [-0.1, -0.05) is 6.92 Å². The average Bonchev–Trinajstić information content (AvgIpc) is 3.46. The number of amides is 3. The molecule has 0 aromatic carbocycles. The third kappa shape index (κ3) is 4.43. The summed E-state index contributed by atoms with van der Waals surface area (Å²) in [5, 5.41) is 18.9. The number of nitrogens with one attached hydrogen (secondary N) is 3. The van der Waals surface area contributed by atoms with E-state index in [1.165, 1.54) is 16.7 Å². The number of nitrogens with two attached hydrogens (primary N) is 1. The molecule has 4 rings (SSSR count). The van der Waals surface area contributed by atoms with Crippen molar-refractivity contribution in [3.63, 3.8) is 0 Å². The summed E-state index contributed by atoms with van der Waals surface area (Å²) in [6.07, 6.45) is 1.40. The van der Waals surface area contributed by atoms with E-state index in [9.17, 15) is 24.3 Å². The number of carbonyl (C=O) groups is 4. The van der Waals surface area contributed by atoms with E-state index in [1.54, 1.807) is 18.9 Å². The van der Waals surface area contributed by atoms with Crippen LogP contribution in [0.4, 0.5) is 0 Å². The van der Waals surface area contributed by atoms with Gasteiger partial charge in [-0.25, -0.2) is 4.79 Å². The molecule has 0 spiro atoms. The van der Waals surface area contributed by atoms with Crippen LogP contribution in [0.3, 0.4) is 0 Å². The van der Waals surface area contributed by atoms with E-state index in [-0.39, 0.29) is 59.3 Å². The molecule has 0 aliphatic carbocycles. The van der Waals surface area contributed by atoms with Crippen molar-refractivity contribution in [1.82, 2.24) is 25.8 Å². The normalized spacial score (nSPS) is 33.7. The number of aliphatic carboxylic acids is 1. The van der Waals surface area contributed by atoms with E-state index in [2.05, 4.69) is 16.0 Å². The lowest BCUT2D eigenvalue weighted by atomic mass is 9.78. The molecule has 34 heavy (non-hydrogen) atoms. The Morgan fingerprint density at radius 1 is 1.35 bits per heavy atom. The molecule has 7 atom stereocenters. The molecule has 6 N–H and O–H groups in total. The van der Waals surface area contributed by atoms with Crippen LogP contribution in [0.5, 0.6) is 0 Å². The predicted octanol–water partition coefficient (Wildman–Crippen LogP) is -1.49. The van der Waals surface area contributed by atoms with Crippen molar-refractivity contribution in [2.75, 3.05) is 33.2 Å². The zero-order chi connectivity index (χ0) is 24.7. The second kappa shape index (κ2) is 9.84. The Labute approximate surface area is 203 Å². The van der Waals surface area contributed by atoms with Crippen LogP contribution in [0, 0.1) is 11.8 Å². The Balaban J connectivity index is 1.43. The molecule has 1 unspecified atom stereocenters. The van der Waals surface area contributed by atoms with Gasteiger partial charge in [0.2, 0.25) is 17.7 Å². The number of carboxylic acid groups (broad SMARTS) is 1. The Kier molecular flexibility index (Phi) is 7.22. The molecular formula is C22H34N6O5S. The van der Waals surface area contributed by atoms with Crippen molar-refractivity contribution >= 4 is 35.5 Å². The number of nitrogens with zero attached hydrogens (tertiary/aromatic N) is 2. The predicted molar refractivity (Wildman–Crippen MR) is 126 cm³/mol. The van der Waals surface area contributed by atoms with E-state index < -0.39 is 17.9 Å². The van der Waals surface area contributed by atoms with Gasteiger partial charge in [0.05, 0.1) is 24.5 Å². The Morgan fingerprint density at radius 2 is 2.09 bits per heavy atom. The van der Waals surface area contributed by atoms with Crippen molar-refractivity contribution in [2.24, 2.45) is 17.6 Å². The molecule has 4 aliphatic rings. The molecule has 0 radical (unpaired) electrons. The highest BCUT2D eigenvalue weighted by Crippen LogP contribution is 2.51. The first kappa shape index (κ1) is 25.0. The van der Waals surface area contributed by atoms with Gasteiger partial charge < -0.3 is 36.6 Å². The molecular weight excluding hydrogens is 460 g/mol. The van der Waals surface area contributed by atoms with Gasteiger partial charge in [-0.3, -0.25) is 14.4 Å². The summed E-state index contributed by atoms with van der Waals surface area (Å²) in [6.45, 7) is 5.70. The van der Waals surface area contributed by atoms with Crippen LogP contribution >= 0.6 is 11.8 Å². The van der Waals surface area contributed by atoms with Crippen molar-refractivity contribution in [3.8, 4) is 0 Å². The molecule has 11 nitrogen and oxygen atoms in total. The number of fused-ring (bicyclic) bond motifs is 1. The summed E-state index contributed by atoms with van der Waals surface area (Å²) in [6, 6.07) is -0.983. The maximum absolute atomic E-state index is 13.0. The second-order valence-corrected chi connectivity index (χ2v) is 11.0. The number of carbonyl (C=O) groups excluding carboxylic acids is 3. The van der Waals surface area contributed by atoms with Crippen molar-refractivity contribution in [2.45, 2.75) is 56.1 Å². The lowest BCUT2D eigenvalue weighted by Crippen LogP contribution is -2.66. The standard InChI is InChI=1S/C22H34N6O5S/c1-10-17-16(11(2)26-15(29)8-24-3)21(31)28(17)18(22(32)33)19(10)34-13-6-14(25-7-13)20(30)27-5-4-12(23)9-27/h10-14,16-17,24-25H,4-9,23H2,1-3H3,(H,26,29)(H,32,33)/t10-,11?,12-,13-,14+,16-,17-/m1/s1. The monoisotopic (exact) mass is 494 g/mol. The number of likely N-dealkylation sites (N-methyl/N-ethyl adjacent to an activating group) is 1. The third-order valence-corrected chi connectivity index (χ3v) is 8.79. The van der Waals surface area contributed by atoms with Crippen LogP contribution in [0.2, 0.25) is 0 Å². The van der Waals surface area contributed by atoms with E-state index in [4.69, 9.17) is 5.73 Å². The number of hydrogen-bond acceptors (Lipinski definition) is 8. The van der Waals surface area contributed by atoms with Gasteiger partial charge >= 0.3 is 5.97 Å². The molecule has 4 heterocycles. The molecule has 0 aromatic rings. The quantitative estimate of drug-likeness (QED) is 0.254. The number of thioether (sulfide) groups is 1. The summed E-state index contributed by atoms with van der Waals surface area (Å²) in [5.74, 6) is -2.20. The van der Waals surface area contributed by atoms with Crippen molar-refractivity contribution in [3.05, 3.63) is 10.6 Å². The second-order valence-electron chi connectivity index (χ2n) is 9.69. The molecule has 0 aromatic heterocycles. The van der Waals surface area contributed by atoms with E-state index in [0.717, 1.165) is 6.42 Å². The third-order valence-electron chi connectivity index (χ3n) is 7.27. The highest BCUT2D eigenvalue weighted by atomic mass is 32.2. The van der Waals surface area contributed by atoms with Crippen LogP contribution in [0.25, 0.3) is 0 Å². The summed E-state index contributed by atoms with van der Waals surface area (Å²) in [4.78, 5) is 53.8. The van der Waals surface area contributed by atoms with Crippen molar-refractivity contribution in [1.29, 1.82) is 0 Å². The van der Waals surface area contributed by atoms with Crippen LogP contribution in [0.1, 0.15) is 26.7 Å². The first-order valence-electron chi connectivity index (χ1n) is 11.8. The molecule has 12 heteroatoms. The number of β-lactam (4-membered cyclic amide) rings is 1. The molecule has 4 aliphatic heterocycles. The molecule has 188 valence electrons. The first-order chi connectivity index (χ1) is 16.1. The van der Waals surface area contributed by atoms with Crippen LogP contribution in [0.15, 0.2) is 10.6 Å². The Bertz CT molecular complexity index is 912. The van der Waals surface area contributed by atoms with Gasteiger partial charge in [0.25, 0.3) is 0 Å². The number of hydrogen-bond donors (Lipinski definition) is 5. The Morgan fingerprint density at radius 3 is 2.71 bits per heavy atom.